The number of aryl methyl sites for hydroxylation is 1. The number of amides is 1. The van der Waals surface area contributed by atoms with Crippen molar-refractivity contribution < 1.29 is 13.9 Å². The van der Waals surface area contributed by atoms with Crippen LogP contribution in [0.1, 0.15) is 26.5 Å². The molecule has 2 aromatic rings. The normalized spacial score (nSPS) is 11.7. The zero-order valence-electron chi connectivity index (χ0n) is 14.2. The minimum atomic E-state index is -0.575. The Kier molecular flexibility index (Phi) is 5.33. The molecule has 0 aliphatic heterocycles. The molecule has 0 radical (unpaired) electrons. The molecule has 1 amide bonds. The molecule has 24 heavy (non-hydrogen) atoms. The summed E-state index contributed by atoms with van der Waals surface area (Å²) in [6.07, 6.45) is 7.37. The van der Waals surface area contributed by atoms with Crippen LogP contribution in [-0.4, -0.2) is 27.5 Å². The monoisotopic (exact) mass is 332 g/mol. The number of hydrogen-bond acceptors (Lipinski definition) is 4. The lowest BCUT2D eigenvalue weighted by Gasteiger charge is -2.11. The molecule has 2 aromatic heterocycles. The van der Waals surface area contributed by atoms with Gasteiger partial charge in [0.25, 0.3) is 0 Å². The molecule has 0 aliphatic rings. The summed E-state index contributed by atoms with van der Waals surface area (Å²) < 4.78 is 19.8. The van der Waals surface area contributed by atoms with Crippen LogP contribution >= 0.6 is 0 Å². The van der Waals surface area contributed by atoms with Crippen LogP contribution in [-0.2, 0) is 4.74 Å². The van der Waals surface area contributed by atoms with E-state index in [1.54, 1.807) is 19.2 Å². The molecule has 0 atom stereocenters. The quantitative estimate of drug-likeness (QED) is 0.863. The number of anilines is 1. The first-order valence-electron chi connectivity index (χ1n) is 7.53. The molecule has 0 saturated carbocycles. The first-order chi connectivity index (χ1) is 11.2. The topological polar surface area (TPSA) is 69.0 Å². The number of nitrogens with zero attached hydrogens (tertiary/aromatic N) is 3. The first kappa shape index (κ1) is 17.7. The van der Waals surface area contributed by atoms with Gasteiger partial charge in [-0.25, -0.2) is 13.9 Å². The highest BCUT2D eigenvalue weighted by atomic mass is 19.1. The van der Waals surface area contributed by atoms with Gasteiger partial charge in [0.15, 0.2) is 0 Å². The van der Waals surface area contributed by atoms with Gasteiger partial charge < -0.3 is 4.74 Å². The molecule has 0 aliphatic carbocycles. The number of halogens is 1. The number of carbonyl (C=O) groups excluding carboxylic acids is 1. The number of pyridine rings is 1. The molecular formula is C17H21FN4O2. The van der Waals surface area contributed by atoms with Gasteiger partial charge in [-0.1, -0.05) is 32.9 Å². The third kappa shape index (κ3) is 5.19. The van der Waals surface area contributed by atoms with Crippen LogP contribution in [0.15, 0.2) is 36.8 Å². The predicted octanol–water partition coefficient (Wildman–Crippen LogP) is 3.87. The van der Waals surface area contributed by atoms with Gasteiger partial charge in [-0.3, -0.25) is 10.3 Å². The third-order valence-electron chi connectivity index (χ3n) is 3.02. The molecule has 6 nitrogen and oxygen atoms in total. The molecule has 0 aromatic carbocycles. The highest BCUT2D eigenvalue weighted by Gasteiger charge is 2.11. The summed E-state index contributed by atoms with van der Waals surface area (Å²) in [5, 5.41) is 6.85. The smallest absolute Gasteiger partial charge is 0.412 e. The van der Waals surface area contributed by atoms with Crippen molar-refractivity contribution in [1.29, 1.82) is 0 Å². The van der Waals surface area contributed by atoms with E-state index in [9.17, 15) is 9.18 Å². The molecule has 0 fully saturated rings. The Morgan fingerprint density at radius 1 is 1.42 bits per heavy atom. The zero-order chi connectivity index (χ0) is 17.7. The number of aromatic nitrogens is 3. The van der Waals surface area contributed by atoms with E-state index >= 15 is 0 Å². The van der Waals surface area contributed by atoms with Gasteiger partial charge in [-0.15, -0.1) is 0 Å². The summed E-state index contributed by atoms with van der Waals surface area (Å²) in [7, 11) is 0. The molecule has 0 spiro atoms. The van der Waals surface area contributed by atoms with Crippen molar-refractivity contribution in [3.05, 3.63) is 48.3 Å². The lowest BCUT2D eigenvalue weighted by Crippen LogP contribution is -2.14. The van der Waals surface area contributed by atoms with Crippen LogP contribution in [0.4, 0.5) is 14.9 Å². The largest absolute Gasteiger partial charge is 0.445 e. The van der Waals surface area contributed by atoms with E-state index in [1.807, 2.05) is 6.08 Å². The molecule has 2 rings (SSSR count). The van der Waals surface area contributed by atoms with E-state index < -0.39 is 11.9 Å². The zero-order valence-corrected chi connectivity index (χ0v) is 14.2. The van der Waals surface area contributed by atoms with Crippen LogP contribution in [0.5, 0.6) is 0 Å². The average Bonchev–Trinajstić information content (AvgIpc) is 2.84. The fourth-order valence-electron chi connectivity index (χ4n) is 1.91. The van der Waals surface area contributed by atoms with Gasteiger partial charge in [-0.2, -0.15) is 5.10 Å². The predicted molar refractivity (Wildman–Crippen MR) is 89.6 cm³/mol. The molecule has 7 heteroatoms. The minimum Gasteiger partial charge on any atom is -0.445 e. The number of nitrogens with one attached hydrogen (secondary N) is 1. The number of allylic oxidation sites excluding steroid dienone is 1. The Labute approximate surface area is 140 Å². The van der Waals surface area contributed by atoms with Crippen molar-refractivity contribution in [2.24, 2.45) is 5.41 Å². The lowest BCUT2D eigenvalue weighted by molar-refractivity contribution is 0.174. The Morgan fingerprint density at radius 3 is 2.83 bits per heavy atom. The fraction of sp³-hybridized carbons (Fsp3) is 0.353. The van der Waals surface area contributed by atoms with Crippen molar-refractivity contribution >= 4 is 11.8 Å². The van der Waals surface area contributed by atoms with Gasteiger partial charge >= 0.3 is 6.09 Å². The number of hydrogen-bond donors (Lipinski definition) is 1. The van der Waals surface area contributed by atoms with Crippen LogP contribution < -0.4 is 5.32 Å². The van der Waals surface area contributed by atoms with Crippen molar-refractivity contribution in [3.8, 4) is 5.69 Å². The molecule has 1 N–H and O–H groups in total. The number of ether oxygens (including phenoxy) is 1. The molecule has 2 heterocycles. The molecule has 0 saturated heterocycles. The van der Waals surface area contributed by atoms with E-state index in [0.29, 0.717) is 17.1 Å². The van der Waals surface area contributed by atoms with Crippen molar-refractivity contribution in [1.82, 2.24) is 14.8 Å². The Hall–Kier alpha value is -2.70. The molecule has 0 bridgehead atoms. The van der Waals surface area contributed by atoms with E-state index in [-0.39, 0.29) is 12.0 Å². The Bertz CT molecular complexity index is 747. The lowest BCUT2D eigenvalue weighted by atomic mass is 9.96. The van der Waals surface area contributed by atoms with Crippen molar-refractivity contribution in [2.75, 3.05) is 11.9 Å². The van der Waals surface area contributed by atoms with E-state index in [2.05, 4.69) is 36.2 Å². The summed E-state index contributed by atoms with van der Waals surface area (Å²) in [4.78, 5) is 15.6. The molecular weight excluding hydrogens is 311 g/mol. The van der Waals surface area contributed by atoms with Crippen LogP contribution in [0, 0.1) is 18.2 Å². The van der Waals surface area contributed by atoms with Crippen LogP contribution in [0.3, 0.4) is 0 Å². The maximum Gasteiger partial charge on any atom is 0.412 e. The van der Waals surface area contributed by atoms with Crippen LogP contribution in [0.25, 0.3) is 5.69 Å². The first-order valence-corrected chi connectivity index (χ1v) is 7.53. The second kappa shape index (κ2) is 7.25. The summed E-state index contributed by atoms with van der Waals surface area (Å²) in [6.45, 7) is 8.09. The minimum absolute atomic E-state index is 0.0383. The standard InChI is InChI=1S/C17H21FN4O2/c1-12-15(20-16(23)24-7-5-6-17(2,3)4)11-22(21-12)14-8-13(18)9-19-10-14/h5-6,8-11H,7H2,1-4H3,(H,20,23). The van der Waals surface area contributed by atoms with Gasteiger partial charge in [0.05, 0.1) is 35.7 Å². The number of rotatable bonds is 4. The van der Waals surface area contributed by atoms with E-state index in [0.717, 1.165) is 6.20 Å². The summed E-state index contributed by atoms with van der Waals surface area (Å²) in [5.74, 6) is -0.458. The van der Waals surface area contributed by atoms with Gasteiger partial charge in [0, 0.05) is 6.07 Å². The van der Waals surface area contributed by atoms with Crippen molar-refractivity contribution in [3.63, 3.8) is 0 Å². The van der Waals surface area contributed by atoms with Gasteiger partial charge in [0.2, 0.25) is 0 Å². The maximum absolute atomic E-state index is 13.2. The summed E-state index contributed by atoms with van der Waals surface area (Å²) >= 11 is 0. The fourth-order valence-corrected chi connectivity index (χ4v) is 1.91. The average molecular weight is 332 g/mol. The SMILES string of the molecule is Cc1nn(-c2cncc(F)c2)cc1NC(=O)OCC=CC(C)(C)C. The highest BCUT2D eigenvalue weighted by molar-refractivity contribution is 5.85. The summed E-state index contributed by atoms with van der Waals surface area (Å²) in [5.41, 5.74) is 1.58. The summed E-state index contributed by atoms with van der Waals surface area (Å²) in [6, 6.07) is 1.30. The second-order valence-corrected chi connectivity index (χ2v) is 6.43. The van der Waals surface area contributed by atoms with Gasteiger partial charge in [0.1, 0.15) is 12.4 Å². The molecule has 0 unspecified atom stereocenters. The van der Waals surface area contributed by atoms with E-state index in [1.165, 1.54) is 16.9 Å². The Balaban J connectivity index is 1.98. The van der Waals surface area contributed by atoms with E-state index in [4.69, 9.17) is 4.74 Å². The van der Waals surface area contributed by atoms with Crippen LogP contribution in [0.2, 0.25) is 0 Å². The van der Waals surface area contributed by atoms with Crippen molar-refractivity contribution in [2.45, 2.75) is 27.7 Å². The second-order valence-electron chi connectivity index (χ2n) is 6.43. The number of carbonyl (C=O) groups is 1. The maximum atomic E-state index is 13.2. The Morgan fingerprint density at radius 2 is 2.17 bits per heavy atom. The molecule has 128 valence electrons. The third-order valence-corrected chi connectivity index (χ3v) is 3.02. The highest BCUT2D eigenvalue weighted by Crippen LogP contribution is 2.17. The van der Waals surface area contributed by atoms with Gasteiger partial charge in [-0.05, 0) is 12.3 Å².